The van der Waals surface area contributed by atoms with Crippen LogP contribution in [0.3, 0.4) is 0 Å². The number of rotatable bonds is 1. The average molecular weight is 271 g/mol. The number of nitrogens with zero attached hydrogens (tertiary/aromatic N) is 1. The number of halogens is 2. The Bertz CT molecular complexity index is 269. The third kappa shape index (κ3) is 1.38. The van der Waals surface area contributed by atoms with Gasteiger partial charge in [-0.05, 0) is 15.9 Å². The molecule has 6 heteroatoms. The second-order valence-corrected chi connectivity index (χ2v) is 2.79. The Morgan fingerprint density at radius 1 is 1.60 bits per heavy atom. The maximum Gasteiger partial charge on any atom is 0.359 e. The molecule has 1 aromatic rings. The number of aromatic carboxylic acids is 1. The maximum atomic E-state index is 10.3. The van der Waals surface area contributed by atoms with Crippen LogP contribution < -0.4 is 0 Å². The highest BCUT2D eigenvalue weighted by Gasteiger charge is 2.15. The Labute approximate surface area is 72.5 Å². The van der Waals surface area contributed by atoms with Gasteiger partial charge in [0.05, 0.1) is 0 Å². The van der Waals surface area contributed by atoms with Gasteiger partial charge in [-0.25, -0.2) is 4.79 Å². The Hall–Kier alpha value is -0.360. The van der Waals surface area contributed by atoms with Gasteiger partial charge in [0.15, 0.2) is 0 Å². The molecule has 0 aliphatic rings. The van der Waals surface area contributed by atoms with Crippen LogP contribution in [-0.4, -0.2) is 16.1 Å². The Morgan fingerprint density at radius 3 is 2.40 bits per heavy atom. The Balaban J connectivity index is 3.15. The fourth-order valence-corrected chi connectivity index (χ4v) is 1.38. The molecule has 4 nitrogen and oxygen atoms in total. The standard InChI is InChI=1S/C4HBr2NO3/c5-2-1(3(8)9)7-4(6)10-2/h(H,8,9). The third-order valence-corrected chi connectivity index (χ3v) is 1.64. The molecule has 0 saturated carbocycles. The zero-order valence-corrected chi connectivity index (χ0v) is 7.64. The predicted molar refractivity (Wildman–Crippen MR) is 38.9 cm³/mol. The molecule has 0 aliphatic heterocycles. The minimum atomic E-state index is -1.12. The molecular weight excluding hydrogens is 270 g/mol. The van der Waals surface area contributed by atoms with Gasteiger partial charge in [0.1, 0.15) is 0 Å². The van der Waals surface area contributed by atoms with Gasteiger partial charge in [0, 0.05) is 15.9 Å². The summed E-state index contributed by atoms with van der Waals surface area (Å²) in [5.74, 6) is -1.12. The second-order valence-electron chi connectivity index (χ2n) is 1.39. The summed E-state index contributed by atoms with van der Waals surface area (Å²) in [6.45, 7) is 0. The molecule has 0 aromatic carbocycles. The number of carboxylic acids is 1. The normalized spacial score (nSPS) is 9.80. The Morgan fingerprint density at radius 2 is 2.20 bits per heavy atom. The second kappa shape index (κ2) is 2.71. The molecule has 0 bridgehead atoms. The molecule has 0 fully saturated rings. The SMILES string of the molecule is O=C(O)c1nc(Br)oc1Br. The summed E-state index contributed by atoms with van der Waals surface area (Å²) in [5.41, 5.74) is -0.133. The number of hydrogen-bond donors (Lipinski definition) is 1. The molecule has 0 radical (unpaired) electrons. The van der Waals surface area contributed by atoms with Crippen molar-refractivity contribution in [1.82, 2.24) is 4.98 Å². The van der Waals surface area contributed by atoms with Gasteiger partial charge in [-0.3, -0.25) is 0 Å². The van der Waals surface area contributed by atoms with E-state index in [-0.39, 0.29) is 15.2 Å². The van der Waals surface area contributed by atoms with Crippen LogP contribution in [0, 0.1) is 0 Å². The van der Waals surface area contributed by atoms with Crippen LogP contribution in [0.2, 0.25) is 0 Å². The van der Waals surface area contributed by atoms with E-state index in [1.807, 2.05) is 0 Å². The van der Waals surface area contributed by atoms with Gasteiger partial charge >= 0.3 is 5.97 Å². The van der Waals surface area contributed by atoms with E-state index in [9.17, 15) is 4.79 Å². The fraction of sp³-hybridized carbons (Fsp3) is 0. The summed E-state index contributed by atoms with van der Waals surface area (Å²) in [4.78, 5) is 13.9. The smallest absolute Gasteiger partial charge is 0.359 e. The first-order valence-corrected chi connectivity index (χ1v) is 3.75. The number of aromatic nitrogens is 1. The van der Waals surface area contributed by atoms with Crippen LogP contribution >= 0.6 is 31.9 Å². The van der Waals surface area contributed by atoms with Crippen molar-refractivity contribution in [2.75, 3.05) is 0 Å². The topological polar surface area (TPSA) is 63.3 Å². The number of hydrogen-bond acceptors (Lipinski definition) is 3. The summed E-state index contributed by atoms with van der Waals surface area (Å²) >= 11 is 5.76. The van der Waals surface area contributed by atoms with E-state index in [1.54, 1.807) is 0 Å². The van der Waals surface area contributed by atoms with E-state index >= 15 is 0 Å². The monoisotopic (exact) mass is 269 g/mol. The fourth-order valence-electron chi connectivity index (χ4n) is 0.409. The average Bonchev–Trinajstić information content (AvgIpc) is 2.10. The first kappa shape index (κ1) is 7.74. The van der Waals surface area contributed by atoms with Gasteiger partial charge in [0.2, 0.25) is 10.4 Å². The molecule has 0 amide bonds. The van der Waals surface area contributed by atoms with Crippen molar-refractivity contribution in [3.8, 4) is 0 Å². The third-order valence-electron chi connectivity index (χ3n) is 0.762. The number of carbonyl (C=O) groups is 1. The number of oxazole rings is 1. The summed E-state index contributed by atoms with van der Waals surface area (Å²) < 4.78 is 4.83. The minimum Gasteiger partial charge on any atom is -0.476 e. The van der Waals surface area contributed by atoms with E-state index in [1.165, 1.54) is 0 Å². The molecule has 0 atom stereocenters. The summed E-state index contributed by atoms with van der Waals surface area (Å²) in [5, 5.41) is 8.41. The van der Waals surface area contributed by atoms with Crippen molar-refractivity contribution in [1.29, 1.82) is 0 Å². The molecule has 0 saturated heterocycles. The zero-order valence-electron chi connectivity index (χ0n) is 4.47. The highest BCUT2D eigenvalue weighted by Crippen LogP contribution is 2.20. The van der Waals surface area contributed by atoms with Crippen molar-refractivity contribution < 1.29 is 14.3 Å². The minimum absolute atomic E-state index is 0.117. The van der Waals surface area contributed by atoms with E-state index in [4.69, 9.17) is 9.52 Å². The molecule has 1 heterocycles. The first-order valence-electron chi connectivity index (χ1n) is 2.16. The largest absolute Gasteiger partial charge is 0.476 e. The lowest BCUT2D eigenvalue weighted by Gasteiger charge is -1.81. The van der Waals surface area contributed by atoms with Gasteiger partial charge in [-0.15, -0.1) is 0 Å². The molecule has 0 unspecified atom stereocenters. The highest BCUT2D eigenvalue weighted by molar-refractivity contribution is 9.11. The molecular formula is C4HBr2NO3. The molecule has 54 valence electrons. The predicted octanol–water partition coefficient (Wildman–Crippen LogP) is 1.90. The summed E-state index contributed by atoms with van der Waals surface area (Å²) in [6, 6.07) is 0. The van der Waals surface area contributed by atoms with E-state index in [0.717, 1.165) is 0 Å². The van der Waals surface area contributed by atoms with E-state index in [0.29, 0.717) is 0 Å². The lowest BCUT2D eigenvalue weighted by molar-refractivity contribution is 0.0689. The summed E-state index contributed by atoms with van der Waals surface area (Å²) in [7, 11) is 0. The Kier molecular flexibility index (Phi) is 2.10. The van der Waals surface area contributed by atoms with Crippen molar-refractivity contribution >= 4 is 37.8 Å². The molecule has 0 aliphatic carbocycles. The highest BCUT2D eigenvalue weighted by atomic mass is 79.9. The molecule has 10 heavy (non-hydrogen) atoms. The van der Waals surface area contributed by atoms with Crippen molar-refractivity contribution in [2.45, 2.75) is 0 Å². The first-order chi connectivity index (χ1) is 4.61. The zero-order chi connectivity index (χ0) is 7.72. The van der Waals surface area contributed by atoms with E-state index in [2.05, 4.69) is 36.8 Å². The summed E-state index contributed by atoms with van der Waals surface area (Å²) in [6.07, 6.45) is 0. The van der Waals surface area contributed by atoms with Crippen LogP contribution in [0.25, 0.3) is 0 Å². The van der Waals surface area contributed by atoms with Crippen LogP contribution in [-0.2, 0) is 0 Å². The molecule has 1 rings (SSSR count). The van der Waals surface area contributed by atoms with Gasteiger partial charge in [0.25, 0.3) is 4.80 Å². The molecule has 1 N–H and O–H groups in total. The number of carboxylic acid groups (broad SMARTS) is 1. The van der Waals surface area contributed by atoms with Gasteiger partial charge < -0.3 is 9.52 Å². The lowest BCUT2D eigenvalue weighted by atomic mass is 10.5. The van der Waals surface area contributed by atoms with Crippen LogP contribution in [0.5, 0.6) is 0 Å². The van der Waals surface area contributed by atoms with Crippen LogP contribution in [0.15, 0.2) is 13.9 Å². The van der Waals surface area contributed by atoms with Crippen LogP contribution in [0.4, 0.5) is 0 Å². The van der Waals surface area contributed by atoms with Gasteiger partial charge in [-0.1, -0.05) is 0 Å². The molecule has 1 aromatic heterocycles. The molecule has 0 spiro atoms. The van der Waals surface area contributed by atoms with Crippen molar-refractivity contribution in [3.63, 3.8) is 0 Å². The van der Waals surface area contributed by atoms with Crippen molar-refractivity contribution in [2.24, 2.45) is 0 Å². The van der Waals surface area contributed by atoms with Crippen molar-refractivity contribution in [3.05, 3.63) is 15.2 Å². The van der Waals surface area contributed by atoms with Gasteiger partial charge in [-0.2, -0.15) is 4.98 Å². The van der Waals surface area contributed by atoms with E-state index < -0.39 is 5.97 Å². The lowest BCUT2D eigenvalue weighted by Crippen LogP contribution is -1.96. The van der Waals surface area contributed by atoms with Crippen LogP contribution in [0.1, 0.15) is 10.5 Å². The maximum absolute atomic E-state index is 10.3. The quantitative estimate of drug-likeness (QED) is 0.847.